The summed E-state index contributed by atoms with van der Waals surface area (Å²) in [5.41, 5.74) is 4.34. The van der Waals surface area contributed by atoms with E-state index in [1.54, 1.807) is 11.8 Å². The van der Waals surface area contributed by atoms with E-state index in [0.29, 0.717) is 19.8 Å². The third-order valence-corrected chi connectivity index (χ3v) is 8.23. The van der Waals surface area contributed by atoms with E-state index in [9.17, 15) is 0 Å². The Kier molecular flexibility index (Phi) is 10.3. The first-order chi connectivity index (χ1) is 18.7. The molecule has 0 spiro atoms. The Labute approximate surface area is 238 Å². The molecule has 6 atom stereocenters. The van der Waals surface area contributed by atoms with Crippen molar-refractivity contribution in [1.29, 1.82) is 0 Å². The number of ether oxygens (including phenoxy) is 5. The lowest BCUT2D eigenvalue weighted by molar-refractivity contribution is -0.329. The van der Waals surface area contributed by atoms with Gasteiger partial charge in [-0.3, -0.25) is 0 Å². The lowest BCUT2D eigenvalue weighted by Gasteiger charge is -2.49. The Morgan fingerprint density at radius 3 is 2.26 bits per heavy atom. The highest BCUT2D eigenvalue weighted by molar-refractivity contribution is 9.09. The molecule has 3 aromatic carbocycles. The van der Waals surface area contributed by atoms with Crippen LogP contribution in [0.3, 0.4) is 0 Å². The Bertz CT molecular complexity index is 1120. The fourth-order valence-corrected chi connectivity index (χ4v) is 6.36. The van der Waals surface area contributed by atoms with Gasteiger partial charge in [-0.25, -0.2) is 0 Å². The largest absolute Gasteiger partial charge is 0.368 e. The van der Waals surface area contributed by atoms with Gasteiger partial charge in [-0.05, 0) is 28.9 Å². The predicted octanol–water partition coefficient (Wildman–Crippen LogP) is 6.69. The van der Waals surface area contributed by atoms with E-state index < -0.39 is 6.29 Å². The van der Waals surface area contributed by atoms with Gasteiger partial charge in [0.2, 0.25) is 0 Å². The van der Waals surface area contributed by atoms with Crippen molar-refractivity contribution in [2.24, 2.45) is 0 Å². The Balaban J connectivity index is 1.40. The molecule has 0 aliphatic carbocycles. The molecule has 5 rings (SSSR count). The van der Waals surface area contributed by atoms with Crippen molar-refractivity contribution in [3.05, 3.63) is 107 Å². The molecule has 0 aromatic heterocycles. The number of aryl methyl sites for hydroxylation is 1. The lowest BCUT2D eigenvalue weighted by Crippen LogP contribution is -2.62. The average Bonchev–Trinajstić information content (AvgIpc) is 2.96. The smallest absolute Gasteiger partial charge is 0.184 e. The fraction of sp³-hybridized carbons (Fsp3) is 0.419. The van der Waals surface area contributed by atoms with E-state index in [2.05, 4.69) is 59.3 Å². The van der Waals surface area contributed by atoms with Crippen LogP contribution >= 0.6 is 27.7 Å². The van der Waals surface area contributed by atoms with Gasteiger partial charge in [0.15, 0.2) is 6.29 Å². The van der Waals surface area contributed by atoms with Crippen LogP contribution in [0.2, 0.25) is 0 Å². The van der Waals surface area contributed by atoms with Gasteiger partial charge in [0.05, 0.1) is 19.8 Å². The van der Waals surface area contributed by atoms with Crippen LogP contribution in [0.4, 0.5) is 0 Å². The van der Waals surface area contributed by atoms with Crippen LogP contribution in [-0.4, -0.2) is 47.5 Å². The van der Waals surface area contributed by atoms with E-state index in [-0.39, 0.29) is 29.9 Å². The molecule has 0 amide bonds. The number of rotatable bonds is 11. The second kappa shape index (κ2) is 14.1. The van der Waals surface area contributed by atoms with Crippen LogP contribution < -0.4 is 0 Å². The normalized spacial score (nSPS) is 27.1. The molecule has 202 valence electrons. The van der Waals surface area contributed by atoms with Gasteiger partial charge in [-0.15, -0.1) is 11.8 Å². The lowest BCUT2D eigenvalue weighted by atomic mass is 9.98. The van der Waals surface area contributed by atoms with Crippen LogP contribution in [0.15, 0.2) is 84.9 Å². The number of alkyl halides is 1. The second-order valence-electron chi connectivity index (χ2n) is 9.47. The van der Waals surface area contributed by atoms with Crippen LogP contribution in [-0.2, 0) is 43.3 Å². The highest BCUT2D eigenvalue weighted by Gasteiger charge is 2.51. The molecule has 7 heteroatoms. The fourth-order valence-electron chi connectivity index (χ4n) is 4.93. The third-order valence-electron chi connectivity index (χ3n) is 6.79. The summed E-state index contributed by atoms with van der Waals surface area (Å²) in [5.74, 6) is 0.906. The number of thioether (sulfide) groups is 1. The molecular weight excluding hydrogens is 564 g/mol. The van der Waals surface area contributed by atoms with Crippen molar-refractivity contribution < 1.29 is 23.7 Å². The number of hydrogen-bond acceptors (Lipinski definition) is 6. The first-order valence-electron chi connectivity index (χ1n) is 13.2. The summed E-state index contributed by atoms with van der Waals surface area (Å²) < 4.78 is 32.6. The first-order valence-corrected chi connectivity index (χ1v) is 15.4. The van der Waals surface area contributed by atoms with Gasteiger partial charge in [0.1, 0.15) is 29.9 Å². The highest BCUT2D eigenvalue weighted by atomic mass is 79.9. The standard InChI is InChI=1S/C31H35BrO5S/c1-2-38-31-29(34-19-23-10-5-3-6-11-23)28(33-20-24-13-9-12-22(18-24)16-17-32)27-26(36-31)21-35-30(37-27)25-14-7-4-8-15-25/h3-15,18,26-31H,2,16-17,19-21H2,1H3/t26-,27-,28+,29-,30-,31+/m1/s1. The predicted molar refractivity (Wildman–Crippen MR) is 154 cm³/mol. The molecule has 5 nitrogen and oxygen atoms in total. The molecule has 2 aliphatic rings. The van der Waals surface area contributed by atoms with E-state index >= 15 is 0 Å². The molecule has 2 heterocycles. The maximum atomic E-state index is 6.72. The zero-order valence-corrected chi connectivity index (χ0v) is 24.0. The van der Waals surface area contributed by atoms with Gasteiger partial charge in [0, 0.05) is 10.9 Å². The van der Waals surface area contributed by atoms with Crippen molar-refractivity contribution in [2.75, 3.05) is 17.7 Å². The molecule has 38 heavy (non-hydrogen) atoms. The highest BCUT2D eigenvalue weighted by Crippen LogP contribution is 2.39. The van der Waals surface area contributed by atoms with E-state index in [1.165, 1.54) is 5.56 Å². The van der Waals surface area contributed by atoms with Gasteiger partial charge in [-0.2, -0.15) is 0 Å². The van der Waals surface area contributed by atoms with E-state index in [4.69, 9.17) is 23.7 Å². The summed E-state index contributed by atoms with van der Waals surface area (Å²) in [6, 6.07) is 28.9. The minimum atomic E-state index is -0.473. The van der Waals surface area contributed by atoms with Crippen LogP contribution in [0, 0.1) is 0 Å². The molecule has 2 saturated heterocycles. The van der Waals surface area contributed by atoms with Gasteiger partial charge in [0.25, 0.3) is 0 Å². The zero-order chi connectivity index (χ0) is 26.2. The summed E-state index contributed by atoms with van der Waals surface area (Å²) in [7, 11) is 0. The topological polar surface area (TPSA) is 46.2 Å². The number of halogens is 1. The zero-order valence-electron chi connectivity index (χ0n) is 21.6. The molecule has 3 aromatic rings. The quantitative estimate of drug-likeness (QED) is 0.229. The van der Waals surface area contributed by atoms with Crippen LogP contribution in [0.5, 0.6) is 0 Å². The Morgan fingerprint density at radius 2 is 1.50 bits per heavy atom. The summed E-state index contributed by atoms with van der Waals surface area (Å²) in [6.07, 6.45) is -0.681. The number of hydrogen-bond donors (Lipinski definition) is 0. The van der Waals surface area contributed by atoms with Gasteiger partial charge < -0.3 is 23.7 Å². The molecule has 2 fully saturated rings. The van der Waals surface area contributed by atoms with Crippen LogP contribution in [0.1, 0.15) is 35.5 Å². The Hall–Kier alpha value is -1.71. The van der Waals surface area contributed by atoms with E-state index in [1.807, 2.05) is 48.5 Å². The van der Waals surface area contributed by atoms with Crippen LogP contribution in [0.25, 0.3) is 0 Å². The van der Waals surface area contributed by atoms with Gasteiger partial charge in [-0.1, -0.05) is 108 Å². The van der Waals surface area contributed by atoms with Crippen molar-refractivity contribution >= 4 is 27.7 Å². The SMILES string of the molecule is CCS[C@@H]1O[C@@H]2CO[C@@H](c3ccccc3)O[C@H]2[C@H](OCc2cccc(CCBr)c2)[C@H]1OCc1ccccc1. The minimum Gasteiger partial charge on any atom is -0.368 e. The Morgan fingerprint density at radius 1 is 0.816 bits per heavy atom. The van der Waals surface area contributed by atoms with Gasteiger partial charge >= 0.3 is 0 Å². The number of fused-ring (bicyclic) bond motifs is 1. The van der Waals surface area contributed by atoms with Crippen molar-refractivity contribution in [2.45, 2.75) is 62.7 Å². The molecule has 0 saturated carbocycles. The summed E-state index contributed by atoms with van der Waals surface area (Å²) in [5, 5.41) is 0.932. The maximum Gasteiger partial charge on any atom is 0.184 e. The van der Waals surface area contributed by atoms with Crippen molar-refractivity contribution in [3.63, 3.8) is 0 Å². The van der Waals surface area contributed by atoms with E-state index in [0.717, 1.165) is 34.2 Å². The molecular formula is C31H35BrO5S. The maximum absolute atomic E-state index is 6.72. The molecule has 0 bridgehead atoms. The summed E-state index contributed by atoms with van der Waals surface area (Å²) in [4.78, 5) is 0. The summed E-state index contributed by atoms with van der Waals surface area (Å²) in [6.45, 7) is 3.53. The number of benzene rings is 3. The molecule has 0 unspecified atom stereocenters. The third kappa shape index (κ3) is 7.07. The first kappa shape index (κ1) is 27.8. The molecule has 0 N–H and O–H groups in total. The van der Waals surface area contributed by atoms with Crippen molar-refractivity contribution in [1.82, 2.24) is 0 Å². The molecule has 0 radical (unpaired) electrons. The second-order valence-corrected chi connectivity index (χ2v) is 11.6. The monoisotopic (exact) mass is 598 g/mol. The minimum absolute atomic E-state index is 0.185. The molecule has 2 aliphatic heterocycles. The van der Waals surface area contributed by atoms with Crippen molar-refractivity contribution in [3.8, 4) is 0 Å². The summed E-state index contributed by atoms with van der Waals surface area (Å²) >= 11 is 5.29. The average molecular weight is 600 g/mol.